The lowest BCUT2D eigenvalue weighted by molar-refractivity contribution is 0.00578. The van der Waals surface area contributed by atoms with Crippen LogP contribution in [-0.4, -0.2) is 23.3 Å². The van der Waals surface area contributed by atoms with Gasteiger partial charge in [-0.15, -0.1) is 0 Å². The predicted molar refractivity (Wildman–Crippen MR) is 77.3 cm³/mol. The van der Waals surface area contributed by atoms with E-state index in [1.807, 2.05) is 53.8 Å². The molecule has 2 rings (SSSR count). The lowest BCUT2D eigenvalue weighted by Gasteiger charge is -2.32. The van der Waals surface area contributed by atoms with E-state index in [0.29, 0.717) is 0 Å². The third kappa shape index (κ3) is 2.55. The highest BCUT2D eigenvalue weighted by molar-refractivity contribution is 6.62. The third-order valence-corrected chi connectivity index (χ3v) is 4.02. The summed E-state index contributed by atoms with van der Waals surface area (Å²) >= 11 is 0. The second-order valence-electron chi connectivity index (χ2n) is 6.36. The summed E-state index contributed by atoms with van der Waals surface area (Å²) in [5, 5.41) is 0. The van der Waals surface area contributed by atoms with E-state index >= 15 is 0 Å². The number of aryl methyl sites for hydroxylation is 1. The molecule has 1 aliphatic rings. The number of hydrogen-bond acceptors (Lipinski definition) is 4. The molecule has 1 aromatic heterocycles. The van der Waals surface area contributed by atoms with E-state index in [1.54, 1.807) is 0 Å². The van der Waals surface area contributed by atoms with Crippen molar-refractivity contribution in [1.82, 2.24) is 4.98 Å². The van der Waals surface area contributed by atoms with Gasteiger partial charge in [-0.2, -0.15) is 0 Å². The molecule has 1 aromatic rings. The van der Waals surface area contributed by atoms with Crippen LogP contribution in [0.4, 0.5) is 0 Å². The Balaban J connectivity index is 2.41. The molecule has 2 N–H and O–H groups in total. The molecule has 0 radical (unpaired) electrons. The Labute approximate surface area is 115 Å². The number of hydrogen-bond donors (Lipinski definition) is 1. The molecule has 104 valence electrons. The van der Waals surface area contributed by atoms with Crippen LogP contribution < -0.4 is 11.2 Å². The molecule has 1 atom stereocenters. The van der Waals surface area contributed by atoms with E-state index in [4.69, 9.17) is 15.0 Å². The summed E-state index contributed by atoms with van der Waals surface area (Å²) in [5.74, 6) is 0. The van der Waals surface area contributed by atoms with Gasteiger partial charge in [-0.25, -0.2) is 0 Å². The van der Waals surface area contributed by atoms with Crippen LogP contribution in [0, 0.1) is 6.92 Å². The predicted octanol–water partition coefficient (Wildman–Crippen LogP) is 1.71. The Kier molecular flexibility index (Phi) is 3.50. The Morgan fingerprint density at radius 3 is 2.21 bits per heavy atom. The molecule has 5 heteroatoms. The fraction of sp³-hybridized carbons (Fsp3) is 0.643. The van der Waals surface area contributed by atoms with E-state index < -0.39 is 7.12 Å². The molecule has 1 fully saturated rings. The van der Waals surface area contributed by atoms with Crippen molar-refractivity contribution in [2.75, 3.05) is 0 Å². The zero-order valence-electron chi connectivity index (χ0n) is 12.7. The molecule has 4 nitrogen and oxygen atoms in total. The molecule has 2 heterocycles. The molecular formula is C14H23BN2O2. The van der Waals surface area contributed by atoms with Gasteiger partial charge in [-0.1, -0.05) is 6.07 Å². The smallest absolute Gasteiger partial charge is 0.399 e. The van der Waals surface area contributed by atoms with Crippen LogP contribution in [-0.2, 0) is 9.31 Å². The quantitative estimate of drug-likeness (QED) is 0.824. The first-order chi connectivity index (χ1) is 8.64. The minimum absolute atomic E-state index is 0.144. The maximum Gasteiger partial charge on any atom is 0.496 e. The molecular weight excluding hydrogens is 239 g/mol. The zero-order chi connectivity index (χ0) is 14.4. The van der Waals surface area contributed by atoms with Gasteiger partial charge in [0.25, 0.3) is 0 Å². The second-order valence-corrected chi connectivity index (χ2v) is 6.36. The first-order valence-corrected chi connectivity index (χ1v) is 6.72. The van der Waals surface area contributed by atoms with Crippen LogP contribution in [0.2, 0.25) is 0 Å². The van der Waals surface area contributed by atoms with Crippen molar-refractivity contribution in [3.8, 4) is 0 Å². The van der Waals surface area contributed by atoms with Gasteiger partial charge in [-0.3, -0.25) is 4.98 Å². The van der Waals surface area contributed by atoms with Crippen LogP contribution >= 0.6 is 0 Å². The fourth-order valence-electron chi connectivity index (χ4n) is 2.14. The molecule has 0 aromatic carbocycles. The van der Waals surface area contributed by atoms with Crippen LogP contribution in [0.15, 0.2) is 12.3 Å². The summed E-state index contributed by atoms with van der Waals surface area (Å²) in [6.07, 6.45) is 1.83. The molecule has 0 aliphatic carbocycles. The molecule has 1 unspecified atom stereocenters. The van der Waals surface area contributed by atoms with E-state index in [2.05, 4.69) is 4.98 Å². The normalized spacial score (nSPS) is 22.6. The van der Waals surface area contributed by atoms with Crippen LogP contribution in [0.5, 0.6) is 0 Å². The highest BCUT2D eigenvalue weighted by Gasteiger charge is 2.52. The maximum absolute atomic E-state index is 6.08. The molecule has 19 heavy (non-hydrogen) atoms. The monoisotopic (exact) mass is 262 g/mol. The Morgan fingerprint density at radius 2 is 1.74 bits per heavy atom. The fourth-order valence-corrected chi connectivity index (χ4v) is 2.14. The summed E-state index contributed by atoms with van der Waals surface area (Å²) in [7, 11) is -0.404. The van der Waals surface area contributed by atoms with Gasteiger partial charge in [0.15, 0.2) is 0 Å². The van der Waals surface area contributed by atoms with E-state index in [0.717, 1.165) is 16.7 Å². The Morgan fingerprint density at radius 1 is 1.21 bits per heavy atom. The summed E-state index contributed by atoms with van der Waals surface area (Å²) in [5.41, 5.74) is 8.15. The van der Waals surface area contributed by atoms with Crippen LogP contribution in [0.3, 0.4) is 0 Å². The van der Waals surface area contributed by atoms with Crippen LogP contribution in [0.1, 0.15) is 51.9 Å². The molecule has 1 aliphatic heterocycles. The summed E-state index contributed by atoms with van der Waals surface area (Å²) in [6, 6.07) is 1.91. The van der Waals surface area contributed by atoms with Gasteiger partial charge in [0.1, 0.15) is 0 Å². The van der Waals surface area contributed by atoms with Crippen molar-refractivity contribution >= 4 is 12.6 Å². The number of pyridine rings is 1. The first kappa shape index (κ1) is 14.5. The van der Waals surface area contributed by atoms with E-state index in [-0.39, 0.29) is 17.2 Å². The third-order valence-electron chi connectivity index (χ3n) is 4.02. The second kappa shape index (κ2) is 4.58. The molecule has 0 amide bonds. The van der Waals surface area contributed by atoms with Gasteiger partial charge in [0.05, 0.1) is 16.9 Å². The maximum atomic E-state index is 6.08. The van der Waals surface area contributed by atoms with Gasteiger partial charge in [-0.05, 0) is 47.1 Å². The van der Waals surface area contributed by atoms with Crippen molar-refractivity contribution in [2.24, 2.45) is 5.73 Å². The SMILES string of the molecule is Cc1cnc(C(C)N)c(B2OC(C)(C)C(C)(C)O2)c1. The Bertz CT molecular complexity index is 470. The lowest BCUT2D eigenvalue weighted by Crippen LogP contribution is -2.41. The summed E-state index contributed by atoms with van der Waals surface area (Å²) < 4.78 is 12.2. The standard InChI is InChI=1S/C14H23BN2O2/c1-9-7-11(12(10(2)16)17-8-9)15-18-13(3,4)14(5,6)19-15/h7-8,10H,16H2,1-6H3. The molecule has 0 saturated carbocycles. The van der Waals surface area contributed by atoms with Crippen LogP contribution in [0.25, 0.3) is 0 Å². The van der Waals surface area contributed by atoms with E-state index in [1.165, 1.54) is 0 Å². The van der Waals surface area contributed by atoms with Crippen molar-refractivity contribution in [2.45, 2.75) is 58.8 Å². The highest BCUT2D eigenvalue weighted by Crippen LogP contribution is 2.36. The average molecular weight is 262 g/mol. The van der Waals surface area contributed by atoms with Crippen molar-refractivity contribution in [1.29, 1.82) is 0 Å². The van der Waals surface area contributed by atoms with Gasteiger partial charge in [0.2, 0.25) is 0 Å². The number of nitrogens with two attached hydrogens (primary N) is 1. The lowest BCUT2D eigenvalue weighted by atomic mass is 9.76. The molecule has 0 spiro atoms. The highest BCUT2D eigenvalue weighted by atomic mass is 16.7. The molecule has 0 bridgehead atoms. The minimum atomic E-state index is -0.404. The number of aromatic nitrogens is 1. The van der Waals surface area contributed by atoms with Crippen molar-refractivity contribution in [3.63, 3.8) is 0 Å². The number of rotatable bonds is 2. The zero-order valence-corrected chi connectivity index (χ0v) is 12.7. The molecule has 1 saturated heterocycles. The minimum Gasteiger partial charge on any atom is -0.399 e. The summed E-state index contributed by atoms with van der Waals surface area (Å²) in [6.45, 7) is 12.1. The first-order valence-electron chi connectivity index (χ1n) is 6.72. The van der Waals surface area contributed by atoms with E-state index in [9.17, 15) is 0 Å². The average Bonchev–Trinajstić information content (AvgIpc) is 2.47. The topological polar surface area (TPSA) is 57.4 Å². The number of nitrogens with zero attached hydrogens (tertiary/aromatic N) is 1. The summed E-state index contributed by atoms with van der Waals surface area (Å²) in [4.78, 5) is 4.43. The Hall–Kier alpha value is -0.905. The van der Waals surface area contributed by atoms with Gasteiger partial charge < -0.3 is 15.0 Å². The van der Waals surface area contributed by atoms with Gasteiger partial charge in [0, 0.05) is 17.7 Å². The van der Waals surface area contributed by atoms with Gasteiger partial charge >= 0.3 is 7.12 Å². The van der Waals surface area contributed by atoms with Crippen molar-refractivity contribution < 1.29 is 9.31 Å². The largest absolute Gasteiger partial charge is 0.496 e. The van der Waals surface area contributed by atoms with Crippen molar-refractivity contribution in [3.05, 3.63) is 23.5 Å².